The summed E-state index contributed by atoms with van der Waals surface area (Å²) in [6.45, 7) is 1.81. The fourth-order valence-electron chi connectivity index (χ4n) is 2.69. The van der Waals surface area contributed by atoms with Gasteiger partial charge < -0.3 is 4.90 Å². The van der Waals surface area contributed by atoms with Crippen molar-refractivity contribution in [2.45, 2.75) is 18.8 Å². The molecule has 3 aromatic rings. The van der Waals surface area contributed by atoms with Gasteiger partial charge in [0.25, 0.3) is 0 Å². The highest BCUT2D eigenvalue weighted by atomic mass is 32.1. The van der Waals surface area contributed by atoms with Crippen LogP contribution in [0.3, 0.4) is 0 Å². The first-order valence-corrected chi connectivity index (χ1v) is 7.65. The van der Waals surface area contributed by atoms with Crippen LogP contribution in [0.4, 0.5) is 9.52 Å². The average Bonchev–Trinajstić information content (AvgIpc) is 3.16. The topological polar surface area (TPSA) is 70.6 Å². The molecule has 0 bridgehead atoms. The molecule has 8 heteroatoms. The van der Waals surface area contributed by atoms with Gasteiger partial charge in [-0.25, -0.2) is 9.37 Å². The van der Waals surface area contributed by atoms with Gasteiger partial charge in [0.2, 0.25) is 0 Å². The number of anilines is 1. The second kappa shape index (κ2) is 5.03. The van der Waals surface area contributed by atoms with Gasteiger partial charge in [0.15, 0.2) is 11.0 Å². The summed E-state index contributed by atoms with van der Waals surface area (Å²) in [5, 5.41) is 15.2. The summed E-state index contributed by atoms with van der Waals surface area (Å²) in [5.74, 6) is 0.932. The number of tetrazole rings is 1. The molecule has 0 saturated carbocycles. The van der Waals surface area contributed by atoms with E-state index in [4.69, 9.17) is 0 Å². The van der Waals surface area contributed by atoms with E-state index in [2.05, 4.69) is 30.5 Å². The minimum Gasteiger partial charge on any atom is -0.348 e. The summed E-state index contributed by atoms with van der Waals surface area (Å²) in [6, 6.07) is 4.73. The fourth-order valence-corrected chi connectivity index (χ4v) is 3.74. The molecule has 1 fully saturated rings. The van der Waals surface area contributed by atoms with E-state index in [1.54, 1.807) is 23.5 Å². The van der Waals surface area contributed by atoms with E-state index in [1.807, 2.05) is 0 Å². The number of fused-ring (bicyclic) bond motifs is 1. The maximum absolute atomic E-state index is 13.2. The molecule has 6 nitrogen and oxygen atoms in total. The predicted molar refractivity (Wildman–Crippen MR) is 77.9 cm³/mol. The maximum atomic E-state index is 13.2. The Morgan fingerprint density at radius 1 is 1.29 bits per heavy atom. The number of H-pyrrole nitrogens is 1. The molecule has 0 amide bonds. The molecule has 1 aliphatic heterocycles. The van der Waals surface area contributed by atoms with Crippen molar-refractivity contribution in [3.05, 3.63) is 29.8 Å². The van der Waals surface area contributed by atoms with Crippen molar-refractivity contribution in [3.8, 4) is 0 Å². The van der Waals surface area contributed by atoms with Crippen molar-refractivity contribution in [2.75, 3.05) is 18.0 Å². The molecule has 0 unspecified atom stereocenters. The minimum absolute atomic E-state index is 0.214. The molecular formula is C13H13FN6S. The van der Waals surface area contributed by atoms with Gasteiger partial charge in [-0.1, -0.05) is 16.6 Å². The third-order valence-electron chi connectivity index (χ3n) is 3.83. The fraction of sp³-hybridized carbons (Fsp3) is 0.385. The molecular weight excluding hydrogens is 291 g/mol. The Bertz CT molecular complexity index is 747. The van der Waals surface area contributed by atoms with Crippen molar-refractivity contribution in [3.63, 3.8) is 0 Å². The zero-order valence-electron chi connectivity index (χ0n) is 11.2. The van der Waals surface area contributed by atoms with E-state index in [0.29, 0.717) is 5.92 Å². The zero-order chi connectivity index (χ0) is 14.2. The van der Waals surface area contributed by atoms with E-state index < -0.39 is 0 Å². The highest BCUT2D eigenvalue weighted by Crippen LogP contribution is 2.33. The third kappa shape index (κ3) is 2.35. The molecule has 2 aromatic heterocycles. The van der Waals surface area contributed by atoms with Gasteiger partial charge in [0.1, 0.15) is 5.82 Å². The lowest BCUT2D eigenvalue weighted by atomic mass is 9.97. The standard InChI is InChI=1S/C13H13FN6S/c14-9-1-2-10-11(7-9)21-13(15-10)20-5-3-8(4-6-20)12-16-18-19-17-12/h1-2,7-8H,3-6H2,(H,16,17,18,19). The molecule has 0 spiro atoms. The molecule has 1 saturated heterocycles. The summed E-state index contributed by atoms with van der Waals surface area (Å²) in [5.41, 5.74) is 0.858. The first kappa shape index (κ1) is 12.6. The van der Waals surface area contributed by atoms with Crippen LogP contribution in [0.25, 0.3) is 10.2 Å². The molecule has 0 atom stereocenters. The molecule has 1 aromatic carbocycles. The number of hydrogen-bond donors (Lipinski definition) is 1. The molecule has 1 N–H and O–H groups in total. The lowest BCUT2D eigenvalue weighted by molar-refractivity contribution is 0.486. The van der Waals surface area contributed by atoms with Crippen molar-refractivity contribution >= 4 is 26.7 Å². The van der Waals surface area contributed by atoms with Gasteiger partial charge in [-0.05, 0) is 31.0 Å². The third-order valence-corrected chi connectivity index (χ3v) is 4.91. The Morgan fingerprint density at radius 3 is 2.90 bits per heavy atom. The van der Waals surface area contributed by atoms with E-state index in [0.717, 1.165) is 47.1 Å². The van der Waals surface area contributed by atoms with Crippen molar-refractivity contribution in [2.24, 2.45) is 0 Å². The smallest absolute Gasteiger partial charge is 0.186 e. The normalized spacial score (nSPS) is 16.7. The summed E-state index contributed by atoms with van der Waals surface area (Å²) in [4.78, 5) is 6.84. The highest BCUT2D eigenvalue weighted by Gasteiger charge is 2.25. The summed E-state index contributed by atoms with van der Waals surface area (Å²) >= 11 is 1.54. The maximum Gasteiger partial charge on any atom is 0.186 e. The van der Waals surface area contributed by atoms with Gasteiger partial charge in [-0.2, -0.15) is 5.21 Å². The van der Waals surface area contributed by atoms with Crippen LogP contribution in [0.15, 0.2) is 18.2 Å². The van der Waals surface area contributed by atoms with Crippen LogP contribution in [0.2, 0.25) is 0 Å². The number of aromatic nitrogens is 5. The van der Waals surface area contributed by atoms with E-state index >= 15 is 0 Å². The number of hydrogen-bond acceptors (Lipinski definition) is 6. The van der Waals surface area contributed by atoms with Gasteiger partial charge in [0.05, 0.1) is 10.2 Å². The molecule has 21 heavy (non-hydrogen) atoms. The number of thiazole rings is 1. The van der Waals surface area contributed by atoms with Crippen LogP contribution >= 0.6 is 11.3 Å². The highest BCUT2D eigenvalue weighted by molar-refractivity contribution is 7.22. The summed E-state index contributed by atoms with van der Waals surface area (Å²) < 4.78 is 14.1. The second-order valence-corrected chi connectivity index (χ2v) is 6.15. The molecule has 108 valence electrons. The van der Waals surface area contributed by atoms with Crippen molar-refractivity contribution in [1.82, 2.24) is 25.6 Å². The van der Waals surface area contributed by atoms with Crippen molar-refractivity contribution in [1.29, 1.82) is 0 Å². The van der Waals surface area contributed by atoms with Crippen LogP contribution in [-0.2, 0) is 0 Å². The van der Waals surface area contributed by atoms with Crippen LogP contribution in [0, 0.1) is 5.82 Å². The Morgan fingerprint density at radius 2 is 2.14 bits per heavy atom. The predicted octanol–water partition coefficient (Wildman–Crippen LogP) is 2.33. The number of piperidine rings is 1. The summed E-state index contributed by atoms with van der Waals surface area (Å²) in [6.07, 6.45) is 1.95. The quantitative estimate of drug-likeness (QED) is 0.787. The Kier molecular flexibility index (Phi) is 3.03. The average molecular weight is 304 g/mol. The van der Waals surface area contributed by atoms with Crippen LogP contribution < -0.4 is 4.90 Å². The van der Waals surface area contributed by atoms with E-state index in [-0.39, 0.29) is 5.82 Å². The Labute approximate surface area is 124 Å². The van der Waals surface area contributed by atoms with E-state index in [1.165, 1.54) is 6.07 Å². The van der Waals surface area contributed by atoms with Gasteiger partial charge in [-0.3, -0.25) is 0 Å². The number of benzene rings is 1. The minimum atomic E-state index is -0.214. The monoisotopic (exact) mass is 304 g/mol. The first-order valence-electron chi connectivity index (χ1n) is 6.84. The number of nitrogens with one attached hydrogen (secondary N) is 1. The number of nitrogens with zero attached hydrogens (tertiary/aromatic N) is 5. The number of aromatic amines is 1. The van der Waals surface area contributed by atoms with E-state index in [9.17, 15) is 4.39 Å². The molecule has 3 heterocycles. The Hall–Kier alpha value is -2.09. The first-order chi connectivity index (χ1) is 10.3. The van der Waals surface area contributed by atoms with Gasteiger partial charge >= 0.3 is 0 Å². The molecule has 0 aliphatic carbocycles. The summed E-state index contributed by atoms with van der Waals surface area (Å²) in [7, 11) is 0. The van der Waals surface area contributed by atoms with Crippen molar-refractivity contribution < 1.29 is 4.39 Å². The molecule has 1 aliphatic rings. The van der Waals surface area contributed by atoms with Gasteiger partial charge in [0, 0.05) is 19.0 Å². The number of halogens is 1. The largest absolute Gasteiger partial charge is 0.348 e. The lowest BCUT2D eigenvalue weighted by Gasteiger charge is -2.30. The Balaban J connectivity index is 1.52. The molecule has 0 radical (unpaired) electrons. The van der Waals surface area contributed by atoms with Crippen LogP contribution in [0.1, 0.15) is 24.6 Å². The van der Waals surface area contributed by atoms with Crippen LogP contribution in [-0.4, -0.2) is 38.7 Å². The lowest BCUT2D eigenvalue weighted by Crippen LogP contribution is -2.33. The zero-order valence-corrected chi connectivity index (χ0v) is 12.0. The second-order valence-electron chi connectivity index (χ2n) is 5.14. The van der Waals surface area contributed by atoms with Crippen LogP contribution in [0.5, 0.6) is 0 Å². The molecule has 4 rings (SSSR count). The SMILES string of the molecule is Fc1ccc2nc(N3CCC(c4nn[nH]n4)CC3)sc2c1. The number of rotatable bonds is 2. The van der Waals surface area contributed by atoms with Gasteiger partial charge in [-0.15, -0.1) is 10.2 Å².